The first kappa shape index (κ1) is 17.3. The number of hydrogen-bond donors (Lipinski definition) is 2. The lowest BCUT2D eigenvalue weighted by Crippen LogP contribution is -2.40. The third-order valence-corrected chi connectivity index (χ3v) is 3.04. The van der Waals surface area contributed by atoms with Gasteiger partial charge >= 0.3 is 12.3 Å². The summed E-state index contributed by atoms with van der Waals surface area (Å²) in [5.74, 6) is 0. The lowest BCUT2D eigenvalue weighted by molar-refractivity contribution is -0.138. The first-order valence-electron chi connectivity index (χ1n) is 6.59. The number of benzene rings is 1. The molecule has 0 heterocycles. The zero-order valence-corrected chi connectivity index (χ0v) is 11.9. The van der Waals surface area contributed by atoms with Crippen LogP contribution in [0.3, 0.4) is 0 Å². The van der Waals surface area contributed by atoms with Crippen molar-refractivity contribution in [2.24, 2.45) is 0 Å². The van der Waals surface area contributed by atoms with E-state index in [2.05, 4.69) is 5.32 Å². The molecule has 0 atom stereocenters. The maximum atomic E-state index is 12.8. The highest BCUT2D eigenvalue weighted by molar-refractivity contribution is 5.65. The fraction of sp³-hybridized carbons (Fsp3) is 0.500. The minimum atomic E-state index is -4.39. The molecule has 0 aliphatic rings. The average molecular weight is 304 g/mol. The number of carbonyl (C=O) groups is 1. The van der Waals surface area contributed by atoms with Crippen LogP contribution in [0.2, 0.25) is 0 Å². The van der Waals surface area contributed by atoms with Gasteiger partial charge in [-0.1, -0.05) is 18.2 Å². The van der Waals surface area contributed by atoms with Crippen molar-refractivity contribution in [3.8, 4) is 0 Å². The summed E-state index contributed by atoms with van der Waals surface area (Å²) in [6.45, 7) is 4.04. The van der Waals surface area contributed by atoms with Gasteiger partial charge in [0.2, 0.25) is 0 Å². The third-order valence-electron chi connectivity index (χ3n) is 3.04. The Labute approximate surface area is 121 Å². The molecule has 0 saturated carbocycles. The van der Waals surface area contributed by atoms with Crippen molar-refractivity contribution in [2.75, 3.05) is 13.1 Å². The molecular weight excluding hydrogens is 285 g/mol. The highest BCUT2D eigenvalue weighted by Crippen LogP contribution is 2.31. The number of nitrogens with zero attached hydrogens (tertiary/aromatic N) is 1. The Morgan fingerprint density at radius 3 is 2.48 bits per heavy atom. The Morgan fingerprint density at radius 1 is 1.33 bits per heavy atom. The summed E-state index contributed by atoms with van der Waals surface area (Å²) in [4.78, 5) is 12.2. The van der Waals surface area contributed by atoms with Gasteiger partial charge in [0.15, 0.2) is 0 Å². The first-order valence-corrected chi connectivity index (χ1v) is 6.59. The molecule has 21 heavy (non-hydrogen) atoms. The third kappa shape index (κ3) is 5.26. The number of alkyl halides is 3. The van der Waals surface area contributed by atoms with Crippen molar-refractivity contribution in [2.45, 2.75) is 32.6 Å². The fourth-order valence-electron chi connectivity index (χ4n) is 1.95. The monoisotopic (exact) mass is 304 g/mol. The van der Waals surface area contributed by atoms with Gasteiger partial charge < -0.3 is 15.3 Å². The summed E-state index contributed by atoms with van der Waals surface area (Å²) in [6, 6.07) is 5.16. The van der Waals surface area contributed by atoms with Gasteiger partial charge in [0.1, 0.15) is 0 Å². The van der Waals surface area contributed by atoms with E-state index in [1.165, 1.54) is 17.0 Å². The molecule has 0 saturated heterocycles. The minimum absolute atomic E-state index is 0.0429. The number of hydrogen-bond acceptors (Lipinski definition) is 2. The van der Waals surface area contributed by atoms with Crippen LogP contribution < -0.4 is 5.32 Å². The smallest absolute Gasteiger partial charge is 0.416 e. The van der Waals surface area contributed by atoms with Gasteiger partial charge in [0.25, 0.3) is 0 Å². The van der Waals surface area contributed by atoms with Gasteiger partial charge in [-0.3, -0.25) is 0 Å². The Morgan fingerprint density at radius 2 is 1.95 bits per heavy atom. The van der Waals surface area contributed by atoms with Gasteiger partial charge in [-0.2, -0.15) is 13.2 Å². The predicted octanol–water partition coefficient (Wildman–Crippen LogP) is 3.18. The predicted molar refractivity (Wildman–Crippen MR) is 73.0 cm³/mol. The van der Waals surface area contributed by atoms with Gasteiger partial charge in [-0.15, -0.1) is 0 Å². The zero-order chi connectivity index (χ0) is 16.0. The molecule has 0 aliphatic carbocycles. The maximum absolute atomic E-state index is 12.8. The Hall–Kier alpha value is -1.76. The second-order valence-corrected chi connectivity index (χ2v) is 4.90. The number of amides is 1. The summed E-state index contributed by atoms with van der Waals surface area (Å²) in [5.41, 5.74) is -0.520. The van der Waals surface area contributed by atoms with Crippen LogP contribution in [0.1, 0.15) is 25.0 Å². The molecule has 1 aromatic rings. The largest absolute Gasteiger partial charge is 0.465 e. The number of rotatable bonds is 6. The molecular formula is C14H19F3N2O2. The van der Waals surface area contributed by atoms with E-state index in [1.807, 2.05) is 0 Å². The zero-order valence-electron chi connectivity index (χ0n) is 11.9. The van der Waals surface area contributed by atoms with Gasteiger partial charge in [-0.25, -0.2) is 4.79 Å². The quantitative estimate of drug-likeness (QED) is 0.794. The molecule has 4 nitrogen and oxygen atoms in total. The van der Waals surface area contributed by atoms with Crippen molar-refractivity contribution in [3.63, 3.8) is 0 Å². The van der Waals surface area contributed by atoms with Gasteiger partial charge in [0, 0.05) is 25.7 Å². The van der Waals surface area contributed by atoms with Crippen LogP contribution >= 0.6 is 0 Å². The standard InChI is InChI=1S/C14H19F3N2O2/c1-10(2)19(13(20)21)8-7-18-9-11-5-3-4-6-12(11)14(15,16)17/h3-6,10,18H,7-9H2,1-2H3,(H,20,21). The first-order chi connectivity index (χ1) is 9.73. The molecule has 118 valence electrons. The molecule has 0 radical (unpaired) electrons. The molecule has 0 fully saturated rings. The van der Waals surface area contributed by atoms with E-state index >= 15 is 0 Å². The van der Waals surface area contributed by atoms with Crippen LogP contribution in [-0.2, 0) is 12.7 Å². The molecule has 0 aromatic heterocycles. The molecule has 1 rings (SSSR count). The van der Waals surface area contributed by atoms with Crippen molar-refractivity contribution >= 4 is 6.09 Å². The van der Waals surface area contributed by atoms with E-state index in [0.717, 1.165) is 6.07 Å². The van der Waals surface area contributed by atoms with Crippen LogP contribution in [0.15, 0.2) is 24.3 Å². The van der Waals surface area contributed by atoms with Crippen LogP contribution in [0, 0.1) is 0 Å². The van der Waals surface area contributed by atoms with E-state index in [1.54, 1.807) is 19.9 Å². The molecule has 0 bridgehead atoms. The van der Waals surface area contributed by atoms with Crippen LogP contribution in [0.4, 0.5) is 18.0 Å². The van der Waals surface area contributed by atoms with E-state index in [-0.39, 0.29) is 31.2 Å². The summed E-state index contributed by atoms with van der Waals surface area (Å²) in [5, 5.41) is 11.8. The molecule has 0 unspecified atom stereocenters. The van der Waals surface area contributed by atoms with Crippen LogP contribution in [-0.4, -0.2) is 35.2 Å². The van der Waals surface area contributed by atoms with Crippen LogP contribution in [0.25, 0.3) is 0 Å². The maximum Gasteiger partial charge on any atom is 0.416 e. The second kappa shape index (κ2) is 7.31. The number of halogens is 3. The van der Waals surface area contributed by atoms with E-state index in [4.69, 9.17) is 5.11 Å². The van der Waals surface area contributed by atoms with Gasteiger partial charge in [0.05, 0.1) is 5.56 Å². The fourth-order valence-corrected chi connectivity index (χ4v) is 1.95. The van der Waals surface area contributed by atoms with Crippen molar-refractivity contribution in [1.29, 1.82) is 0 Å². The highest BCUT2D eigenvalue weighted by atomic mass is 19.4. The molecule has 0 aliphatic heterocycles. The second-order valence-electron chi connectivity index (χ2n) is 4.90. The van der Waals surface area contributed by atoms with Gasteiger partial charge in [-0.05, 0) is 25.5 Å². The summed E-state index contributed by atoms with van der Waals surface area (Å²) < 4.78 is 38.4. The van der Waals surface area contributed by atoms with Crippen LogP contribution in [0.5, 0.6) is 0 Å². The lowest BCUT2D eigenvalue weighted by Gasteiger charge is -2.23. The summed E-state index contributed by atoms with van der Waals surface area (Å²) in [6.07, 6.45) is -5.42. The van der Waals surface area contributed by atoms with E-state index < -0.39 is 17.8 Å². The SMILES string of the molecule is CC(C)N(CCNCc1ccccc1C(F)(F)F)C(=O)O. The van der Waals surface area contributed by atoms with Crippen molar-refractivity contribution in [1.82, 2.24) is 10.2 Å². The van der Waals surface area contributed by atoms with E-state index in [0.29, 0.717) is 0 Å². The normalized spacial score (nSPS) is 11.7. The molecule has 0 spiro atoms. The molecule has 1 amide bonds. The molecule has 1 aromatic carbocycles. The molecule has 7 heteroatoms. The Kier molecular flexibility index (Phi) is 6.02. The van der Waals surface area contributed by atoms with E-state index in [9.17, 15) is 18.0 Å². The van der Waals surface area contributed by atoms with Crippen molar-refractivity contribution < 1.29 is 23.1 Å². The van der Waals surface area contributed by atoms with Crippen molar-refractivity contribution in [3.05, 3.63) is 35.4 Å². The summed E-state index contributed by atoms with van der Waals surface area (Å²) in [7, 11) is 0. The minimum Gasteiger partial charge on any atom is -0.465 e. The average Bonchev–Trinajstić information content (AvgIpc) is 2.36. The summed E-state index contributed by atoms with van der Waals surface area (Å²) >= 11 is 0. The highest BCUT2D eigenvalue weighted by Gasteiger charge is 2.32. The Balaban J connectivity index is 2.56. The number of nitrogens with one attached hydrogen (secondary N) is 1. The molecule has 2 N–H and O–H groups in total. The topological polar surface area (TPSA) is 52.6 Å². The lowest BCUT2D eigenvalue weighted by atomic mass is 10.1. The number of carboxylic acid groups (broad SMARTS) is 1. The Bertz CT molecular complexity index is 476.